The molecule has 1 N–H and O–H groups in total. The van der Waals surface area contributed by atoms with E-state index in [9.17, 15) is 10.1 Å². The lowest BCUT2D eigenvalue weighted by atomic mass is 10.3. The van der Waals surface area contributed by atoms with E-state index < -0.39 is 4.92 Å². The number of aliphatic hydroxyl groups excluding tert-OH is 1. The number of hydrogen-bond donors (Lipinski definition) is 1. The Morgan fingerprint density at radius 2 is 2.29 bits per heavy atom. The molecule has 0 bridgehead atoms. The summed E-state index contributed by atoms with van der Waals surface area (Å²) in [5.41, 5.74) is -0.0800. The average Bonchev–Trinajstić information content (AvgIpc) is 3.08. The van der Waals surface area contributed by atoms with Gasteiger partial charge < -0.3 is 10.0 Å². The molecule has 1 aromatic rings. The Balaban J connectivity index is 2.31. The number of nitrogens with zero attached hydrogens (tertiary/aromatic N) is 3. The first-order chi connectivity index (χ1) is 8.11. The van der Waals surface area contributed by atoms with Gasteiger partial charge in [-0.25, -0.2) is 4.98 Å². The predicted octanol–water partition coefficient (Wildman–Crippen LogP) is 1.60. The van der Waals surface area contributed by atoms with Crippen molar-refractivity contribution in [2.24, 2.45) is 0 Å². The van der Waals surface area contributed by atoms with Gasteiger partial charge in [-0.2, -0.15) is 0 Å². The third kappa shape index (κ3) is 2.83. The van der Waals surface area contributed by atoms with E-state index in [1.165, 1.54) is 12.1 Å². The molecule has 1 aromatic heterocycles. The van der Waals surface area contributed by atoms with Crippen LogP contribution in [0.25, 0.3) is 0 Å². The third-order valence-corrected chi connectivity index (χ3v) is 2.79. The summed E-state index contributed by atoms with van der Waals surface area (Å²) in [7, 11) is 0. The number of halogens is 1. The smallest absolute Gasteiger partial charge is 0.276 e. The van der Waals surface area contributed by atoms with Gasteiger partial charge in [0, 0.05) is 12.6 Å². The van der Waals surface area contributed by atoms with E-state index in [0.29, 0.717) is 18.4 Å². The molecular weight excluding hydrogens is 246 g/mol. The molecule has 1 heterocycles. The van der Waals surface area contributed by atoms with Crippen LogP contribution in [0.5, 0.6) is 0 Å². The van der Waals surface area contributed by atoms with Gasteiger partial charge in [-0.15, -0.1) is 0 Å². The van der Waals surface area contributed by atoms with Gasteiger partial charge in [-0.1, -0.05) is 11.6 Å². The molecular formula is C10H12ClN3O3. The molecule has 2 rings (SSSR count). The minimum Gasteiger partial charge on any atom is -0.395 e. The van der Waals surface area contributed by atoms with E-state index in [2.05, 4.69) is 4.98 Å². The Hall–Kier alpha value is -1.40. The minimum absolute atomic E-state index is 0.0154. The highest BCUT2D eigenvalue weighted by Crippen LogP contribution is 2.32. The number of pyridine rings is 1. The first kappa shape index (κ1) is 12.1. The molecule has 0 unspecified atom stereocenters. The Morgan fingerprint density at radius 3 is 2.82 bits per heavy atom. The molecule has 0 amide bonds. The second kappa shape index (κ2) is 4.85. The van der Waals surface area contributed by atoms with E-state index in [-0.39, 0.29) is 17.4 Å². The third-order valence-electron chi connectivity index (χ3n) is 2.60. The number of aliphatic hydroxyl groups is 1. The molecule has 7 heteroatoms. The van der Waals surface area contributed by atoms with Crippen molar-refractivity contribution in [2.75, 3.05) is 18.1 Å². The van der Waals surface area contributed by atoms with Crippen LogP contribution in [0.4, 0.5) is 11.5 Å². The lowest BCUT2D eigenvalue weighted by molar-refractivity contribution is -0.384. The molecule has 1 aliphatic carbocycles. The molecule has 17 heavy (non-hydrogen) atoms. The van der Waals surface area contributed by atoms with Crippen LogP contribution in [0, 0.1) is 10.1 Å². The molecule has 6 nitrogen and oxygen atoms in total. The van der Waals surface area contributed by atoms with Crippen LogP contribution in [0.15, 0.2) is 12.1 Å². The highest BCUT2D eigenvalue weighted by Gasteiger charge is 2.30. The van der Waals surface area contributed by atoms with E-state index in [0.717, 1.165) is 12.8 Å². The van der Waals surface area contributed by atoms with Gasteiger partial charge in [-0.3, -0.25) is 10.1 Å². The van der Waals surface area contributed by atoms with Crippen LogP contribution < -0.4 is 4.90 Å². The quantitative estimate of drug-likeness (QED) is 0.492. The van der Waals surface area contributed by atoms with Crippen molar-refractivity contribution in [2.45, 2.75) is 18.9 Å². The molecule has 0 aliphatic heterocycles. The lowest BCUT2D eigenvalue weighted by Gasteiger charge is -2.22. The van der Waals surface area contributed by atoms with Gasteiger partial charge in [0.2, 0.25) is 0 Å². The summed E-state index contributed by atoms with van der Waals surface area (Å²) in [6.07, 6.45) is 2.03. The molecule has 0 spiro atoms. The highest BCUT2D eigenvalue weighted by atomic mass is 35.5. The van der Waals surface area contributed by atoms with Gasteiger partial charge in [-0.05, 0) is 12.8 Å². The van der Waals surface area contributed by atoms with E-state index in [4.69, 9.17) is 16.7 Å². The Labute approximate surface area is 103 Å². The molecule has 1 saturated carbocycles. The van der Waals surface area contributed by atoms with Crippen LogP contribution in [0.2, 0.25) is 5.15 Å². The maximum atomic E-state index is 10.7. The standard InChI is InChI=1S/C10H12ClN3O3/c11-9-5-8(14(16)17)6-10(12-9)13(3-4-15)7-1-2-7/h5-7,15H,1-4H2. The number of rotatable bonds is 5. The number of aromatic nitrogens is 1. The summed E-state index contributed by atoms with van der Waals surface area (Å²) in [5.74, 6) is 0.459. The number of anilines is 1. The van der Waals surface area contributed by atoms with Gasteiger partial charge in [0.15, 0.2) is 0 Å². The first-order valence-corrected chi connectivity index (χ1v) is 5.69. The Morgan fingerprint density at radius 1 is 1.59 bits per heavy atom. The lowest BCUT2D eigenvalue weighted by Crippen LogP contribution is -2.29. The van der Waals surface area contributed by atoms with Crippen molar-refractivity contribution in [3.8, 4) is 0 Å². The second-order valence-corrected chi connectivity index (χ2v) is 4.30. The zero-order valence-corrected chi connectivity index (χ0v) is 9.80. The van der Waals surface area contributed by atoms with Crippen LogP contribution >= 0.6 is 11.6 Å². The monoisotopic (exact) mass is 257 g/mol. The van der Waals surface area contributed by atoms with Crippen LogP contribution in [-0.4, -0.2) is 34.2 Å². The van der Waals surface area contributed by atoms with Gasteiger partial charge in [0.1, 0.15) is 11.0 Å². The topological polar surface area (TPSA) is 79.5 Å². The summed E-state index contributed by atoms with van der Waals surface area (Å²) in [5, 5.41) is 19.8. The van der Waals surface area contributed by atoms with Gasteiger partial charge >= 0.3 is 0 Å². The molecule has 0 aromatic carbocycles. The fourth-order valence-corrected chi connectivity index (χ4v) is 1.90. The van der Waals surface area contributed by atoms with Gasteiger partial charge in [0.05, 0.1) is 23.7 Å². The van der Waals surface area contributed by atoms with Crippen molar-refractivity contribution in [1.82, 2.24) is 4.98 Å². The average molecular weight is 258 g/mol. The van der Waals surface area contributed by atoms with E-state index in [1.807, 2.05) is 4.90 Å². The first-order valence-electron chi connectivity index (χ1n) is 5.31. The molecule has 1 aliphatic rings. The van der Waals surface area contributed by atoms with Crippen molar-refractivity contribution in [3.63, 3.8) is 0 Å². The van der Waals surface area contributed by atoms with Crippen molar-refractivity contribution in [1.29, 1.82) is 0 Å². The molecule has 0 radical (unpaired) electrons. The van der Waals surface area contributed by atoms with E-state index >= 15 is 0 Å². The number of hydrogen-bond acceptors (Lipinski definition) is 5. The Bertz CT molecular complexity index is 437. The molecule has 0 atom stereocenters. The largest absolute Gasteiger partial charge is 0.395 e. The van der Waals surface area contributed by atoms with Crippen LogP contribution in [-0.2, 0) is 0 Å². The molecule has 92 valence electrons. The maximum Gasteiger partial charge on any atom is 0.276 e. The summed E-state index contributed by atoms with van der Waals surface area (Å²) in [4.78, 5) is 16.2. The predicted molar refractivity (Wildman–Crippen MR) is 63.4 cm³/mol. The van der Waals surface area contributed by atoms with Gasteiger partial charge in [0.25, 0.3) is 5.69 Å². The fraction of sp³-hybridized carbons (Fsp3) is 0.500. The fourth-order valence-electron chi connectivity index (χ4n) is 1.70. The summed E-state index contributed by atoms with van der Waals surface area (Å²) < 4.78 is 0. The van der Waals surface area contributed by atoms with Crippen molar-refractivity contribution < 1.29 is 10.0 Å². The van der Waals surface area contributed by atoms with Crippen LogP contribution in [0.1, 0.15) is 12.8 Å². The maximum absolute atomic E-state index is 10.7. The highest BCUT2D eigenvalue weighted by molar-refractivity contribution is 6.29. The second-order valence-electron chi connectivity index (χ2n) is 3.91. The zero-order valence-electron chi connectivity index (χ0n) is 9.04. The van der Waals surface area contributed by atoms with Crippen LogP contribution in [0.3, 0.4) is 0 Å². The molecule has 0 saturated heterocycles. The minimum atomic E-state index is -0.499. The summed E-state index contributed by atoms with van der Waals surface area (Å²) in [6, 6.07) is 2.92. The van der Waals surface area contributed by atoms with E-state index in [1.54, 1.807) is 0 Å². The zero-order chi connectivity index (χ0) is 12.4. The van der Waals surface area contributed by atoms with Crippen molar-refractivity contribution >= 4 is 23.1 Å². The summed E-state index contributed by atoms with van der Waals surface area (Å²) in [6.45, 7) is 0.396. The van der Waals surface area contributed by atoms with Crippen molar-refractivity contribution in [3.05, 3.63) is 27.4 Å². The normalized spacial score (nSPS) is 14.7. The molecule has 1 fully saturated rings. The number of nitro groups is 1. The summed E-state index contributed by atoms with van der Waals surface area (Å²) >= 11 is 5.76. The Kier molecular flexibility index (Phi) is 3.44. The SMILES string of the molecule is O=[N+]([O-])c1cc(Cl)nc(N(CCO)C2CC2)c1.